The summed E-state index contributed by atoms with van der Waals surface area (Å²) in [7, 11) is 0. The monoisotopic (exact) mass is 308 g/mol. The zero-order chi connectivity index (χ0) is 16.4. The van der Waals surface area contributed by atoms with Crippen LogP contribution in [-0.4, -0.2) is 24.4 Å². The number of nitrogens with zero attached hydrogens (tertiary/aromatic N) is 1. The van der Waals surface area contributed by atoms with Crippen LogP contribution in [0.4, 0.5) is 5.69 Å². The highest BCUT2D eigenvalue weighted by atomic mass is 16.2. The summed E-state index contributed by atoms with van der Waals surface area (Å²) in [6.45, 7) is 4.71. The van der Waals surface area contributed by atoms with Crippen molar-refractivity contribution in [2.75, 3.05) is 11.4 Å². The molecule has 0 aromatic heterocycles. The van der Waals surface area contributed by atoms with E-state index in [9.17, 15) is 9.59 Å². The predicted molar refractivity (Wildman–Crippen MR) is 90.6 cm³/mol. The Bertz CT molecular complexity index is 740. The molecule has 1 aliphatic heterocycles. The highest BCUT2D eigenvalue weighted by Crippen LogP contribution is 2.24. The molecule has 3 rings (SSSR count). The summed E-state index contributed by atoms with van der Waals surface area (Å²) in [5, 5.41) is 2.84. The van der Waals surface area contributed by atoms with Crippen LogP contribution in [-0.2, 0) is 4.79 Å². The number of rotatable bonds is 3. The van der Waals surface area contributed by atoms with Gasteiger partial charge in [0.15, 0.2) is 0 Å². The molecule has 2 aromatic carbocycles. The van der Waals surface area contributed by atoms with Gasteiger partial charge in [-0.05, 0) is 55.7 Å². The summed E-state index contributed by atoms with van der Waals surface area (Å²) in [6, 6.07) is 14.5. The summed E-state index contributed by atoms with van der Waals surface area (Å²) >= 11 is 0. The van der Waals surface area contributed by atoms with Crippen molar-refractivity contribution in [2.45, 2.75) is 26.3 Å². The molecular formula is C19H20N2O2. The zero-order valence-electron chi connectivity index (χ0n) is 13.4. The van der Waals surface area contributed by atoms with Crippen molar-refractivity contribution >= 4 is 17.5 Å². The average Bonchev–Trinajstić information content (AvgIpc) is 2.92. The van der Waals surface area contributed by atoms with Crippen LogP contribution in [0, 0.1) is 13.8 Å². The maximum absolute atomic E-state index is 12.6. The van der Waals surface area contributed by atoms with E-state index in [4.69, 9.17) is 0 Å². The van der Waals surface area contributed by atoms with E-state index in [2.05, 4.69) is 5.32 Å². The summed E-state index contributed by atoms with van der Waals surface area (Å²) in [4.78, 5) is 26.5. The number of hydrogen-bond acceptors (Lipinski definition) is 2. The van der Waals surface area contributed by atoms with E-state index in [0.29, 0.717) is 18.5 Å². The molecule has 0 bridgehead atoms. The molecule has 0 radical (unpaired) electrons. The minimum atomic E-state index is -0.454. The van der Waals surface area contributed by atoms with Crippen molar-refractivity contribution in [1.82, 2.24) is 5.32 Å². The van der Waals surface area contributed by atoms with E-state index in [1.807, 2.05) is 50.2 Å². The summed E-state index contributed by atoms with van der Waals surface area (Å²) in [6.07, 6.45) is 0.629. The van der Waals surface area contributed by atoms with Crippen molar-refractivity contribution < 1.29 is 9.59 Å². The summed E-state index contributed by atoms with van der Waals surface area (Å²) in [5.41, 5.74) is 3.83. The lowest BCUT2D eigenvalue weighted by Crippen LogP contribution is -2.41. The molecule has 118 valence electrons. The van der Waals surface area contributed by atoms with Gasteiger partial charge in [0.25, 0.3) is 5.91 Å². The van der Waals surface area contributed by atoms with E-state index in [-0.39, 0.29) is 11.8 Å². The SMILES string of the molecule is Cc1ccc(N2CCC(NC(=O)c3ccccc3)C2=O)cc1C. The fraction of sp³-hybridized carbons (Fsp3) is 0.263. The second-order valence-corrected chi connectivity index (χ2v) is 5.94. The van der Waals surface area contributed by atoms with Gasteiger partial charge in [-0.2, -0.15) is 0 Å². The second-order valence-electron chi connectivity index (χ2n) is 5.94. The molecule has 23 heavy (non-hydrogen) atoms. The molecule has 1 N–H and O–H groups in total. The first-order chi connectivity index (χ1) is 11.1. The van der Waals surface area contributed by atoms with Gasteiger partial charge in [0.2, 0.25) is 5.91 Å². The van der Waals surface area contributed by atoms with Crippen LogP contribution < -0.4 is 10.2 Å². The lowest BCUT2D eigenvalue weighted by atomic mass is 10.1. The molecular weight excluding hydrogens is 288 g/mol. The lowest BCUT2D eigenvalue weighted by molar-refractivity contribution is -0.118. The van der Waals surface area contributed by atoms with E-state index in [1.165, 1.54) is 5.56 Å². The van der Waals surface area contributed by atoms with Crippen molar-refractivity contribution in [1.29, 1.82) is 0 Å². The Hall–Kier alpha value is -2.62. The van der Waals surface area contributed by atoms with Gasteiger partial charge in [-0.1, -0.05) is 24.3 Å². The van der Waals surface area contributed by atoms with E-state index in [0.717, 1.165) is 11.3 Å². The Morgan fingerprint density at radius 3 is 2.52 bits per heavy atom. The Labute approximate surface area is 136 Å². The van der Waals surface area contributed by atoms with Crippen LogP contribution in [0.15, 0.2) is 48.5 Å². The number of hydrogen-bond donors (Lipinski definition) is 1. The van der Waals surface area contributed by atoms with Crippen LogP contribution in [0.2, 0.25) is 0 Å². The van der Waals surface area contributed by atoms with Crippen LogP contribution in [0.25, 0.3) is 0 Å². The number of carbonyl (C=O) groups excluding carboxylic acids is 2. The predicted octanol–water partition coefficient (Wildman–Crippen LogP) is 2.84. The van der Waals surface area contributed by atoms with Crippen LogP contribution >= 0.6 is 0 Å². The third-order valence-corrected chi connectivity index (χ3v) is 4.35. The van der Waals surface area contributed by atoms with Gasteiger partial charge in [-0.15, -0.1) is 0 Å². The Kier molecular flexibility index (Phi) is 4.15. The first kappa shape index (κ1) is 15.3. The van der Waals surface area contributed by atoms with Crippen LogP contribution in [0.1, 0.15) is 27.9 Å². The van der Waals surface area contributed by atoms with E-state index >= 15 is 0 Å². The highest BCUT2D eigenvalue weighted by Gasteiger charge is 2.33. The fourth-order valence-corrected chi connectivity index (χ4v) is 2.79. The average molecular weight is 308 g/mol. The maximum Gasteiger partial charge on any atom is 0.251 e. The number of aryl methyl sites for hydroxylation is 2. The molecule has 1 aliphatic rings. The largest absolute Gasteiger partial charge is 0.340 e. The van der Waals surface area contributed by atoms with Gasteiger partial charge < -0.3 is 10.2 Å². The molecule has 1 saturated heterocycles. The number of amides is 2. The normalized spacial score (nSPS) is 17.4. The minimum Gasteiger partial charge on any atom is -0.340 e. The molecule has 0 spiro atoms. The Balaban J connectivity index is 1.71. The van der Waals surface area contributed by atoms with Gasteiger partial charge in [0.1, 0.15) is 6.04 Å². The molecule has 4 heteroatoms. The third-order valence-electron chi connectivity index (χ3n) is 4.35. The summed E-state index contributed by atoms with van der Waals surface area (Å²) < 4.78 is 0. The number of nitrogens with one attached hydrogen (secondary N) is 1. The van der Waals surface area contributed by atoms with E-state index < -0.39 is 6.04 Å². The smallest absolute Gasteiger partial charge is 0.251 e. The van der Waals surface area contributed by atoms with Gasteiger partial charge >= 0.3 is 0 Å². The zero-order valence-corrected chi connectivity index (χ0v) is 13.4. The lowest BCUT2D eigenvalue weighted by Gasteiger charge is -2.18. The van der Waals surface area contributed by atoms with Crippen molar-refractivity contribution in [3.05, 3.63) is 65.2 Å². The first-order valence-corrected chi connectivity index (χ1v) is 7.81. The van der Waals surface area contributed by atoms with Gasteiger partial charge in [-0.3, -0.25) is 9.59 Å². The number of carbonyl (C=O) groups is 2. The molecule has 1 atom stereocenters. The minimum absolute atomic E-state index is 0.0439. The molecule has 1 fully saturated rings. The Morgan fingerprint density at radius 1 is 1.09 bits per heavy atom. The standard InChI is InChI=1S/C19H20N2O2/c1-13-8-9-16(12-14(13)2)21-11-10-17(19(21)23)20-18(22)15-6-4-3-5-7-15/h3-9,12,17H,10-11H2,1-2H3,(H,20,22). The third kappa shape index (κ3) is 3.11. The van der Waals surface area contributed by atoms with Crippen molar-refractivity contribution in [3.63, 3.8) is 0 Å². The molecule has 0 saturated carbocycles. The second kappa shape index (κ2) is 6.24. The topological polar surface area (TPSA) is 49.4 Å². The van der Waals surface area contributed by atoms with Crippen molar-refractivity contribution in [3.8, 4) is 0 Å². The molecule has 1 heterocycles. The van der Waals surface area contributed by atoms with Gasteiger partial charge in [0.05, 0.1) is 0 Å². The van der Waals surface area contributed by atoms with Crippen molar-refractivity contribution in [2.24, 2.45) is 0 Å². The molecule has 1 unspecified atom stereocenters. The van der Waals surface area contributed by atoms with Gasteiger partial charge in [-0.25, -0.2) is 0 Å². The number of anilines is 1. The fourth-order valence-electron chi connectivity index (χ4n) is 2.79. The quantitative estimate of drug-likeness (QED) is 0.948. The van der Waals surface area contributed by atoms with Crippen LogP contribution in [0.3, 0.4) is 0 Å². The highest BCUT2D eigenvalue weighted by molar-refractivity contribution is 6.03. The number of benzene rings is 2. The molecule has 0 aliphatic carbocycles. The Morgan fingerprint density at radius 2 is 1.83 bits per heavy atom. The van der Waals surface area contributed by atoms with Gasteiger partial charge in [0, 0.05) is 17.8 Å². The molecule has 2 aromatic rings. The molecule has 2 amide bonds. The van der Waals surface area contributed by atoms with Crippen LogP contribution in [0.5, 0.6) is 0 Å². The molecule has 4 nitrogen and oxygen atoms in total. The summed E-state index contributed by atoms with van der Waals surface area (Å²) in [5.74, 6) is -0.247. The maximum atomic E-state index is 12.6. The van der Waals surface area contributed by atoms with E-state index in [1.54, 1.807) is 17.0 Å². The first-order valence-electron chi connectivity index (χ1n) is 7.81.